The number of hydrogen-bond acceptors (Lipinski definition) is 6. The van der Waals surface area contributed by atoms with E-state index in [9.17, 15) is 10.1 Å². The lowest BCUT2D eigenvalue weighted by Crippen LogP contribution is -2.10. The molecule has 0 aliphatic heterocycles. The zero-order chi connectivity index (χ0) is 23.9. The lowest BCUT2D eigenvalue weighted by molar-refractivity contribution is 0.0438. The molecule has 172 valence electrons. The molecule has 0 aliphatic rings. The van der Waals surface area contributed by atoms with Gasteiger partial charge in [0.05, 0.1) is 17.7 Å². The summed E-state index contributed by atoms with van der Waals surface area (Å²) in [5.41, 5.74) is 3.42. The predicted molar refractivity (Wildman–Crippen MR) is 127 cm³/mol. The fraction of sp³-hybridized carbons (Fsp3) is 0.185. The van der Waals surface area contributed by atoms with Gasteiger partial charge >= 0.3 is 5.97 Å². The number of esters is 1. The molecule has 34 heavy (non-hydrogen) atoms. The van der Waals surface area contributed by atoms with Crippen LogP contribution in [0.3, 0.4) is 0 Å². The molecule has 7 nitrogen and oxygen atoms in total. The van der Waals surface area contributed by atoms with Crippen LogP contribution >= 0.6 is 0 Å². The van der Waals surface area contributed by atoms with Crippen molar-refractivity contribution in [3.63, 3.8) is 0 Å². The Morgan fingerprint density at radius 1 is 1.03 bits per heavy atom. The highest BCUT2D eigenvalue weighted by atomic mass is 16.7. The first-order chi connectivity index (χ1) is 16.6. The first-order valence-corrected chi connectivity index (χ1v) is 10.8. The summed E-state index contributed by atoms with van der Waals surface area (Å²) < 4.78 is 23.6. The van der Waals surface area contributed by atoms with Gasteiger partial charge in [0.2, 0.25) is 0 Å². The molecular formula is C27H24N2O5. The van der Waals surface area contributed by atoms with Crippen LogP contribution in [0, 0.1) is 11.3 Å². The summed E-state index contributed by atoms with van der Waals surface area (Å²) >= 11 is 0. The Hall–Kier alpha value is -4.28. The number of carbonyl (C=O) groups is 1. The van der Waals surface area contributed by atoms with Crippen LogP contribution in [0.25, 0.3) is 16.6 Å². The maximum atomic E-state index is 12.3. The Labute approximate surface area is 197 Å². The van der Waals surface area contributed by atoms with Gasteiger partial charge < -0.3 is 23.5 Å². The Bertz CT molecular complexity index is 1340. The van der Waals surface area contributed by atoms with Gasteiger partial charge in [-0.25, -0.2) is 4.79 Å². The highest BCUT2D eigenvalue weighted by molar-refractivity contribution is 5.93. The van der Waals surface area contributed by atoms with E-state index in [1.165, 1.54) is 7.11 Å². The Morgan fingerprint density at radius 2 is 1.85 bits per heavy atom. The number of ether oxygens (including phenoxy) is 4. The summed E-state index contributed by atoms with van der Waals surface area (Å²) in [7, 11) is 1.50. The van der Waals surface area contributed by atoms with E-state index in [0.29, 0.717) is 29.2 Å². The second kappa shape index (κ2) is 10.6. The molecule has 1 aromatic heterocycles. The van der Waals surface area contributed by atoms with Crippen LogP contribution < -0.4 is 9.47 Å². The molecule has 0 bridgehead atoms. The third-order valence-electron chi connectivity index (χ3n) is 5.22. The Morgan fingerprint density at radius 3 is 2.59 bits per heavy atom. The first kappa shape index (κ1) is 22.9. The lowest BCUT2D eigenvalue weighted by atomic mass is 10.1. The number of aromatic nitrogens is 1. The monoisotopic (exact) mass is 456 g/mol. The second-order valence-corrected chi connectivity index (χ2v) is 7.43. The maximum Gasteiger partial charge on any atom is 0.341 e. The van der Waals surface area contributed by atoms with Crippen LogP contribution in [-0.4, -0.2) is 31.0 Å². The number of nitrogens with zero attached hydrogens (tertiary/aromatic N) is 2. The molecular weight excluding hydrogens is 432 g/mol. The Kier molecular flexibility index (Phi) is 7.11. The minimum Gasteiger partial charge on any atom is -0.489 e. The molecule has 3 aromatic carbocycles. The van der Waals surface area contributed by atoms with Crippen LogP contribution in [-0.2, 0) is 16.1 Å². The van der Waals surface area contributed by atoms with Crippen molar-refractivity contribution in [2.45, 2.75) is 13.5 Å². The van der Waals surface area contributed by atoms with Crippen molar-refractivity contribution in [3.05, 3.63) is 89.6 Å². The van der Waals surface area contributed by atoms with Gasteiger partial charge in [0, 0.05) is 30.4 Å². The molecule has 0 unspecified atom stereocenters. The average Bonchev–Trinajstić information content (AvgIpc) is 3.25. The molecule has 0 N–H and O–H groups in total. The summed E-state index contributed by atoms with van der Waals surface area (Å²) in [5, 5.41) is 10.5. The van der Waals surface area contributed by atoms with Gasteiger partial charge in [-0.2, -0.15) is 5.26 Å². The largest absolute Gasteiger partial charge is 0.489 e. The fourth-order valence-corrected chi connectivity index (χ4v) is 3.62. The molecule has 0 spiro atoms. The van der Waals surface area contributed by atoms with Crippen molar-refractivity contribution in [1.82, 2.24) is 4.57 Å². The molecule has 0 saturated carbocycles. The summed E-state index contributed by atoms with van der Waals surface area (Å²) in [5.74, 6) is 0.531. The highest BCUT2D eigenvalue weighted by Gasteiger charge is 2.17. The molecule has 0 amide bonds. The van der Waals surface area contributed by atoms with Gasteiger partial charge in [-0.05, 0) is 42.8 Å². The number of carbonyl (C=O) groups excluding carboxylic acids is 1. The van der Waals surface area contributed by atoms with Crippen molar-refractivity contribution in [2.24, 2.45) is 0 Å². The van der Waals surface area contributed by atoms with Crippen molar-refractivity contribution in [2.75, 3.05) is 20.5 Å². The topological polar surface area (TPSA) is 82.7 Å². The molecule has 4 aromatic rings. The number of fused-ring (bicyclic) bond motifs is 1. The van der Waals surface area contributed by atoms with Crippen molar-refractivity contribution in [3.8, 4) is 23.3 Å². The van der Waals surface area contributed by atoms with Gasteiger partial charge in [0.1, 0.15) is 29.7 Å². The third kappa shape index (κ3) is 4.87. The molecule has 0 atom stereocenters. The lowest BCUT2D eigenvalue weighted by Gasteiger charge is -2.13. The van der Waals surface area contributed by atoms with E-state index in [2.05, 4.69) is 6.07 Å². The zero-order valence-corrected chi connectivity index (χ0v) is 19.0. The van der Waals surface area contributed by atoms with Gasteiger partial charge in [-0.15, -0.1) is 0 Å². The van der Waals surface area contributed by atoms with Gasteiger partial charge in [-0.3, -0.25) is 0 Å². The second-order valence-electron chi connectivity index (χ2n) is 7.43. The quantitative estimate of drug-likeness (QED) is 0.253. The van der Waals surface area contributed by atoms with Crippen LogP contribution in [0.4, 0.5) is 0 Å². The summed E-state index contributed by atoms with van der Waals surface area (Å²) in [6.07, 6.45) is 1.76. The fourth-order valence-electron chi connectivity index (χ4n) is 3.62. The standard InChI is InChI=1S/C27H24N2O5/c1-3-32-27(30)23-11-9-21(13-26(23)34-18-31-2)29-16-20(15-28)24-14-22(10-12-25(24)29)33-17-19-7-5-4-6-8-19/h4-14,16H,3,17-18H2,1-2H3. The normalized spacial score (nSPS) is 10.6. The van der Waals surface area contributed by atoms with E-state index < -0.39 is 5.97 Å². The van der Waals surface area contributed by atoms with Crippen molar-refractivity contribution in [1.29, 1.82) is 5.26 Å². The van der Waals surface area contributed by atoms with Crippen LogP contribution in [0.15, 0.2) is 72.9 Å². The first-order valence-electron chi connectivity index (χ1n) is 10.8. The summed E-state index contributed by atoms with van der Waals surface area (Å²) in [4.78, 5) is 12.3. The SMILES string of the molecule is CCOC(=O)c1ccc(-n2cc(C#N)c3cc(OCc4ccccc4)ccc32)cc1OCOC. The van der Waals surface area contributed by atoms with E-state index in [1.807, 2.05) is 53.1 Å². The Balaban J connectivity index is 1.69. The number of nitriles is 1. The van der Waals surface area contributed by atoms with Gasteiger partial charge in [0.15, 0.2) is 6.79 Å². The number of rotatable bonds is 9. The van der Waals surface area contributed by atoms with Gasteiger partial charge in [0.25, 0.3) is 0 Å². The molecule has 0 radical (unpaired) electrons. The molecule has 1 heterocycles. The minimum atomic E-state index is -0.476. The maximum absolute atomic E-state index is 12.3. The van der Waals surface area contributed by atoms with E-state index in [-0.39, 0.29) is 13.4 Å². The molecule has 0 saturated heterocycles. The van der Waals surface area contributed by atoms with Crippen molar-refractivity contribution < 1.29 is 23.7 Å². The molecule has 4 rings (SSSR count). The van der Waals surface area contributed by atoms with Gasteiger partial charge in [-0.1, -0.05) is 30.3 Å². The average molecular weight is 456 g/mol. The van der Waals surface area contributed by atoms with Crippen LogP contribution in [0.1, 0.15) is 28.4 Å². The van der Waals surface area contributed by atoms with Crippen LogP contribution in [0.2, 0.25) is 0 Å². The molecule has 0 fully saturated rings. The summed E-state index contributed by atoms with van der Waals surface area (Å²) in [6.45, 7) is 2.42. The minimum absolute atomic E-state index is 0.0200. The zero-order valence-electron chi connectivity index (χ0n) is 19.0. The molecule has 0 aliphatic carbocycles. The van der Waals surface area contributed by atoms with E-state index in [4.69, 9.17) is 18.9 Å². The molecule has 7 heteroatoms. The van der Waals surface area contributed by atoms with Crippen LogP contribution in [0.5, 0.6) is 11.5 Å². The van der Waals surface area contributed by atoms with E-state index in [0.717, 1.165) is 22.2 Å². The number of benzene rings is 3. The van der Waals surface area contributed by atoms with E-state index >= 15 is 0 Å². The summed E-state index contributed by atoms with van der Waals surface area (Å²) in [6, 6.07) is 22.9. The highest BCUT2D eigenvalue weighted by Crippen LogP contribution is 2.31. The number of methoxy groups -OCH3 is 1. The van der Waals surface area contributed by atoms with Crippen molar-refractivity contribution >= 4 is 16.9 Å². The third-order valence-corrected chi connectivity index (χ3v) is 5.22. The smallest absolute Gasteiger partial charge is 0.341 e. The van der Waals surface area contributed by atoms with E-state index in [1.54, 1.807) is 31.3 Å². The predicted octanol–water partition coefficient (Wildman–Crippen LogP) is 5.24. The number of hydrogen-bond donors (Lipinski definition) is 0.